The van der Waals surface area contributed by atoms with E-state index in [-0.39, 0.29) is 0 Å². The maximum atomic E-state index is 5.67. The number of guanidine groups is 1. The summed E-state index contributed by atoms with van der Waals surface area (Å²) in [6.45, 7) is 11.4. The Morgan fingerprint density at radius 2 is 2.04 bits per heavy atom. The van der Waals surface area contributed by atoms with E-state index in [1.165, 1.54) is 18.4 Å². The van der Waals surface area contributed by atoms with Crippen molar-refractivity contribution in [2.24, 2.45) is 10.4 Å². The number of hydrogen-bond donors (Lipinski definition) is 1. The Balaban J connectivity index is 1.65. The van der Waals surface area contributed by atoms with Gasteiger partial charge in [0.05, 0.1) is 12.6 Å². The Labute approximate surface area is 158 Å². The largest absolute Gasteiger partial charge is 0.381 e. The maximum Gasteiger partial charge on any atom is 0.193 e. The summed E-state index contributed by atoms with van der Waals surface area (Å²) in [7, 11) is 1.90. The molecule has 0 aliphatic carbocycles. The molecule has 5 heteroatoms. The monoisotopic (exact) mass is 358 g/mol. The van der Waals surface area contributed by atoms with Crippen LogP contribution in [0, 0.1) is 5.41 Å². The Kier molecular flexibility index (Phi) is 6.54. The van der Waals surface area contributed by atoms with Gasteiger partial charge < -0.3 is 15.0 Å². The minimum absolute atomic E-state index is 0.356. The first kappa shape index (κ1) is 19.2. The molecule has 0 amide bonds. The van der Waals surface area contributed by atoms with E-state index in [1.54, 1.807) is 0 Å². The van der Waals surface area contributed by atoms with Gasteiger partial charge in [-0.25, -0.2) is 0 Å². The molecule has 1 N–H and O–H groups in total. The number of nitrogens with one attached hydrogen (secondary N) is 1. The van der Waals surface area contributed by atoms with Crippen LogP contribution in [0.2, 0.25) is 0 Å². The molecule has 0 radical (unpaired) electrons. The minimum Gasteiger partial charge on any atom is -0.381 e. The highest BCUT2D eigenvalue weighted by molar-refractivity contribution is 5.80. The molecule has 2 fully saturated rings. The number of likely N-dealkylation sites (tertiary alicyclic amines) is 1. The standard InChI is InChI=1S/C21H34N4O/c1-4-24(5-2)19(18-9-7-6-8-10-18)15-23-20(22-3)25-13-11-21(16-25)12-14-26-17-21/h6-10,19H,4-5,11-17H2,1-3H3,(H,22,23). The second-order valence-corrected chi connectivity index (χ2v) is 7.55. The molecular weight excluding hydrogens is 324 g/mol. The van der Waals surface area contributed by atoms with E-state index in [4.69, 9.17) is 4.74 Å². The fourth-order valence-corrected chi connectivity index (χ4v) is 4.40. The smallest absolute Gasteiger partial charge is 0.193 e. The average Bonchev–Trinajstić information content (AvgIpc) is 3.32. The number of aliphatic imine (C=N–C) groups is 1. The van der Waals surface area contributed by atoms with Crippen molar-refractivity contribution in [1.29, 1.82) is 0 Å². The topological polar surface area (TPSA) is 40.1 Å². The molecular formula is C21H34N4O. The van der Waals surface area contributed by atoms with Crippen LogP contribution in [0.5, 0.6) is 0 Å². The number of nitrogens with zero attached hydrogens (tertiary/aromatic N) is 3. The molecule has 3 rings (SSSR count). The van der Waals surface area contributed by atoms with Crippen LogP contribution >= 0.6 is 0 Å². The SMILES string of the molecule is CCN(CC)C(CNC(=NC)N1CCC2(CCOC2)C1)c1ccccc1. The Morgan fingerprint density at radius 3 is 2.65 bits per heavy atom. The highest BCUT2D eigenvalue weighted by Crippen LogP contribution is 2.38. The van der Waals surface area contributed by atoms with Crippen LogP contribution in [0.25, 0.3) is 0 Å². The first-order chi connectivity index (χ1) is 12.7. The molecule has 1 aromatic carbocycles. The second kappa shape index (κ2) is 8.87. The van der Waals surface area contributed by atoms with Crippen molar-refractivity contribution in [2.75, 3.05) is 53.0 Å². The minimum atomic E-state index is 0.356. The van der Waals surface area contributed by atoms with Gasteiger partial charge in [-0.3, -0.25) is 9.89 Å². The first-order valence-electron chi connectivity index (χ1n) is 10.0. The molecule has 2 aliphatic heterocycles. The highest BCUT2D eigenvalue weighted by atomic mass is 16.5. The van der Waals surface area contributed by atoms with Gasteiger partial charge in [-0.1, -0.05) is 44.2 Å². The van der Waals surface area contributed by atoms with Crippen molar-refractivity contribution in [3.8, 4) is 0 Å². The molecule has 5 nitrogen and oxygen atoms in total. The van der Waals surface area contributed by atoms with E-state index in [1.807, 2.05) is 7.05 Å². The molecule has 26 heavy (non-hydrogen) atoms. The average molecular weight is 359 g/mol. The lowest BCUT2D eigenvalue weighted by molar-refractivity contribution is 0.156. The summed E-state index contributed by atoms with van der Waals surface area (Å²) in [5, 5.41) is 3.66. The molecule has 2 unspecified atom stereocenters. The summed E-state index contributed by atoms with van der Waals surface area (Å²) in [4.78, 5) is 9.49. The number of rotatable bonds is 6. The van der Waals surface area contributed by atoms with Gasteiger partial charge >= 0.3 is 0 Å². The highest BCUT2D eigenvalue weighted by Gasteiger charge is 2.42. The molecule has 1 spiro atoms. The lowest BCUT2D eigenvalue weighted by atomic mass is 9.87. The van der Waals surface area contributed by atoms with Gasteiger partial charge in [0.1, 0.15) is 0 Å². The van der Waals surface area contributed by atoms with Crippen LogP contribution in [0.1, 0.15) is 38.3 Å². The summed E-state index contributed by atoms with van der Waals surface area (Å²) in [6.07, 6.45) is 2.40. The van der Waals surface area contributed by atoms with E-state index < -0.39 is 0 Å². The first-order valence-corrected chi connectivity index (χ1v) is 10.0. The third kappa shape index (κ3) is 4.21. The van der Waals surface area contributed by atoms with E-state index in [9.17, 15) is 0 Å². The maximum absolute atomic E-state index is 5.67. The van der Waals surface area contributed by atoms with Crippen LogP contribution in [0.15, 0.2) is 35.3 Å². The Bertz CT molecular complexity index is 579. The fourth-order valence-electron chi connectivity index (χ4n) is 4.40. The Hall–Kier alpha value is -1.59. The van der Waals surface area contributed by atoms with Gasteiger partial charge in [0.15, 0.2) is 5.96 Å². The molecule has 2 saturated heterocycles. The quantitative estimate of drug-likeness (QED) is 0.627. The molecule has 0 aromatic heterocycles. The van der Waals surface area contributed by atoms with Gasteiger partial charge in [0.2, 0.25) is 0 Å². The summed E-state index contributed by atoms with van der Waals surface area (Å²) >= 11 is 0. The summed E-state index contributed by atoms with van der Waals surface area (Å²) in [5.41, 5.74) is 1.72. The summed E-state index contributed by atoms with van der Waals surface area (Å²) < 4.78 is 5.67. The van der Waals surface area contributed by atoms with E-state index in [2.05, 4.69) is 64.3 Å². The van der Waals surface area contributed by atoms with Crippen LogP contribution in [0.4, 0.5) is 0 Å². The Morgan fingerprint density at radius 1 is 1.27 bits per heavy atom. The normalized spacial score (nSPS) is 24.6. The molecule has 2 atom stereocenters. The number of likely N-dealkylation sites (N-methyl/N-ethyl adjacent to an activating group) is 1. The third-order valence-electron chi connectivity index (χ3n) is 6.03. The van der Waals surface area contributed by atoms with E-state index in [0.717, 1.165) is 51.9 Å². The van der Waals surface area contributed by atoms with Gasteiger partial charge in [-0.15, -0.1) is 0 Å². The van der Waals surface area contributed by atoms with E-state index in [0.29, 0.717) is 11.5 Å². The molecule has 0 bridgehead atoms. The van der Waals surface area contributed by atoms with Crippen LogP contribution in [-0.4, -0.2) is 68.7 Å². The van der Waals surface area contributed by atoms with Crippen molar-refractivity contribution < 1.29 is 4.74 Å². The zero-order chi connectivity index (χ0) is 18.4. The van der Waals surface area contributed by atoms with Crippen LogP contribution in [-0.2, 0) is 4.74 Å². The van der Waals surface area contributed by atoms with Crippen molar-refractivity contribution in [3.63, 3.8) is 0 Å². The van der Waals surface area contributed by atoms with Crippen molar-refractivity contribution in [2.45, 2.75) is 32.7 Å². The van der Waals surface area contributed by atoms with E-state index >= 15 is 0 Å². The third-order valence-corrected chi connectivity index (χ3v) is 6.03. The van der Waals surface area contributed by atoms with Gasteiger partial charge in [-0.05, 0) is 31.5 Å². The number of benzene rings is 1. The van der Waals surface area contributed by atoms with Gasteiger partial charge in [0, 0.05) is 38.7 Å². The molecule has 2 heterocycles. The summed E-state index contributed by atoms with van der Waals surface area (Å²) in [6, 6.07) is 11.2. The molecule has 144 valence electrons. The number of ether oxygens (including phenoxy) is 1. The van der Waals surface area contributed by atoms with Crippen molar-refractivity contribution >= 4 is 5.96 Å². The fraction of sp³-hybridized carbons (Fsp3) is 0.667. The molecule has 0 saturated carbocycles. The lowest BCUT2D eigenvalue weighted by Crippen LogP contribution is -2.45. The molecule has 1 aromatic rings. The van der Waals surface area contributed by atoms with Crippen LogP contribution in [0.3, 0.4) is 0 Å². The zero-order valence-electron chi connectivity index (χ0n) is 16.6. The predicted octanol–water partition coefficient (Wildman–Crippen LogP) is 2.76. The molecule has 2 aliphatic rings. The number of hydrogen-bond acceptors (Lipinski definition) is 3. The lowest BCUT2D eigenvalue weighted by Gasteiger charge is -2.32. The van der Waals surface area contributed by atoms with Crippen LogP contribution < -0.4 is 5.32 Å². The second-order valence-electron chi connectivity index (χ2n) is 7.55. The zero-order valence-corrected chi connectivity index (χ0v) is 16.6. The summed E-state index contributed by atoms with van der Waals surface area (Å²) in [5.74, 6) is 1.03. The van der Waals surface area contributed by atoms with Crippen molar-refractivity contribution in [3.05, 3.63) is 35.9 Å². The van der Waals surface area contributed by atoms with Gasteiger partial charge in [0.25, 0.3) is 0 Å². The van der Waals surface area contributed by atoms with Gasteiger partial charge in [-0.2, -0.15) is 0 Å². The van der Waals surface area contributed by atoms with Crippen molar-refractivity contribution in [1.82, 2.24) is 15.1 Å². The predicted molar refractivity (Wildman–Crippen MR) is 108 cm³/mol.